The van der Waals surface area contributed by atoms with Crippen molar-refractivity contribution in [3.8, 4) is 5.75 Å². The van der Waals surface area contributed by atoms with Crippen LogP contribution < -0.4 is 21.3 Å². The molecule has 2 rings (SSSR count). The Bertz CT molecular complexity index is 1160. The van der Waals surface area contributed by atoms with E-state index < -0.39 is 23.2 Å². The molecule has 0 aliphatic carbocycles. The minimum Gasteiger partial charge on any atom is -0.496 e. The van der Waals surface area contributed by atoms with Gasteiger partial charge in [0.2, 0.25) is 5.91 Å². The fraction of sp³-hybridized carbons (Fsp3) is 0.478. The van der Waals surface area contributed by atoms with E-state index in [1.165, 1.54) is 25.4 Å². The first-order valence-electron chi connectivity index (χ1n) is 10.9. The van der Waals surface area contributed by atoms with Gasteiger partial charge in [0, 0.05) is 30.8 Å². The fourth-order valence-corrected chi connectivity index (χ4v) is 3.19. The number of methoxy groups -OCH3 is 1. The SMILES string of the molecule is CCO/N=C(\C)c1cn(CC(O)c2cc(F)ccc2OC)c(=O)n(CCNC(=O)C(C)C)c1=O. The van der Waals surface area contributed by atoms with Crippen LogP contribution in [0.2, 0.25) is 0 Å². The van der Waals surface area contributed by atoms with Crippen LogP contribution in [0, 0.1) is 11.7 Å². The summed E-state index contributed by atoms with van der Waals surface area (Å²) < 4.78 is 21.1. The number of aliphatic hydroxyl groups is 1. The first-order valence-corrected chi connectivity index (χ1v) is 10.9. The van der Waals surface area contributed by atoms with Gasteiger partial charge in [-0.05, 0) is 32.0 Å². The molecular weight excluding hydrogens is 447 g/mol. The predicted octanol–water partition coefficient (Wildman–Crippen LogP) is 1.42. The molecule has 0 bridgehead atoms. The Morgan fingerprint density at radius 1 is 1.29 bits per heavy atom. The highest BCUT2D eigenvalue weighted by molar-refractivity contribution is 5.97. The van der Waals surface area contributed by atoms with Crippen molar-refractivity contribution in [1.29, 1.82) is 0 Å². The molecule has 1 unspecified atom stereocenters. The molecule has 0 fully saturated rings. The number of benzene rings is 1. The summed E-state index contributed by atoms with van der Waals surface area (Å²) >= 11 is 0. The molecule has 10 nitrogen and oxygen atoms in total. The van der Waals surface area contributed by atoms with Gasteiger partial charge >= 0.3 is 5.69 Å². The maximum atomic E-state index is 13.8. The van der Waals surface area contributed by atoms with Crippen LogP contribution in [-0.2, 0) is 22.7 Å². The molecule has 1 amide bonds. The van der Waals surface area contributed by atoms with Crippen molar-refractivity contribution in [1.82, 2.24) is 14.5 Å². The number of halogens is 1. The third kappa shape index (κ3) is 6.53. The average molecular weight is 479 g/mol. The van der Waals surface area contributed by atoms with Crippen molar-refractivity contribution < 1.29 is 23.9 Å². The first kappa shape index (κ1) is 26.8. The Hall–Kier alpha value is -3.47. The maximum absolute atomic E-state index is 13.8. The third-order valence-corrected chi connectivity index (χ3v) is 5.04. The van der Waals surface area contributed by atoms with Crippen molar-refractivity contribution in [2.45, 2.75) is 46.9 Å². The molecule has 0 saturated heterocycles. The number of carbonyl (C=O) groups excluding carboxylic acids is 1. The molecular formula is C23H31FN4O6. The zero-order chi connectivity index (χ0) is 25.4. The summed E-state index contributed by atoms with van der Waals surface area (Å²) in [5.74, 6) is -0.793. The van der Waals surface area contributed by atoms with Gasteiger partial charge in [-0.2, -0.15) is 0 Å². The Labute approximate surface area is 196 Å². The number of amides is 1. The molecule has 34 heavy (non-hydrogen) atoms. The summed E-state index contributed by atoms with van der Waals surface area (Å²) in [6, 6.07) is 3.69. The number of oxime groups is 1. The van der Waals surface area contributed by atoms with E-state index in [4.69, 9.17) is 9.57 Å². The molecule has 0 aliphatic rings. The Morgan fingerprint density at radius 3 is 2.62 bits per heavy atom. The number of aromatic nitrogens is 2. The minimum atomic E-state index is -1.31. The lowest BCUT2D eigenvalue weighted by atomic mass is 10.1. The number of aliphatic hydroxyl groups excluding tert-OH is 1. The summed E-state index contributed by atoms with van der Waals surface area (Å²) in [5, 5.41) is 17.3. The molecule has 0 spiro atoms. The second-order valence-electron chi connectivity index (χ2n) is 7.88. The maximum Gasteiger partial charge on any atom is 0.331 e. The monoisotopic (exact) mass is 478 g/mol. The van der Waals surface area contributed by atoms with E-state index in [-0.39, 0.29) is 60.7 Å². The van der Waals surface area contributed by atoms with Gasteiger partial charge in [0.25, 0.3) is 5.56 Å². The van der Waals surface area contributed by atoms with Crippen molar-refractivity contribution in [3.63, 3.8) is 0 Å². The van der Waals surface area contributed by atoms with Gasteiger partial charge in [-0.1, -0.05) is 19.0 Å². The van der Waals surface area contributed by atoms with Crippen LogP contribution in [-0.4, -0.2) is 46.1 Å². The molecule has 0 radical (unpaired) electrons. The van der Waals surface area contributed by atoms with Crippen LogP contribution in [0.3, 0.4) is 0 Å². The van der Waals surface area contributed by atoms with E-state index in [9.17, 15) is 23.9 Å². The van der Waals surface area contributed by atoms with Crippen molar-refractivity contribution in [2.24, 2.45) is 11.1 Å². The predicted molar refractivity (Wildman–Crippen MR) is 125 cm³/mol. The molecule has 2 N–H and O–H groups in total. The Morgan fingerprint density at radius 2 is 2.00 bits per heavy atom. The van der Waals surface area contributed by atoms with Crippen molar-refractivity contribution in [2.75, 3.05) is 20.3 Å². The number of ether oxygens (including phenoxy) is 1. The van der Waals surface area contributed by atoms with Crippen LogP contribution in [0.4, 0.5) is 4.39 Å². The molecule has 11 heteroatoms. The van der Waals surface area contributed by atoms with E-state index in [2.05, 4.69) is 10.5 Å². The van der Waals surface area contributed by atoms with Gasteiger partial charge < -0.3 is 20.0 Å². The van der Waals surface area contributed by atoms with Crippen LogP contribution in [0.25, 0.3) is 0 Å². The quantitative estimate of drug-likeness (QED) is 0.372. The fourth-order valence-electron chi connectivity index (χ4n) is 3.19. The highest BCUT2D eigenvalue weighted by atomic mass is 19.1. The minimum absolute atomic E-state index is 0.0531. The number of hydrogen-bond donors (Lipinski definition) is 2. The summed E-state index contributed by atoms with van der Waals surface area (Å²) in [5.41, 5.74) is -0.845. The summed E-state index contributed by atoms with van der Waals surface area (Å²) in [6.07, 6.45) is -0.0345. The van der Waals surface area contributed by atoms with Crippen LogP contribution >= 0.6 is 0 Å². The lowest BCUT2D eigenvalue weighted by Gasteiger charge is -2.18. The largest absolute Gasteiger partial charge is 0.496 e. The first-order chi connectivity index (χ1) is 16.1. The van der Waals surface area contributed by atoms with Gasteiger partial charge in [0.1, 0.15) is 24.3 Å². The smallest absolute Gasteiger partial charge is 0.331 e. The van der Waals surface area contributed by atoms with Crippen LogP contribution in [0.5, 0.6) is 5.75 Å². The molecule has 1 heterocycles. The van der Waals surface area contributed by atoms with Crippen molar-refractivity contribution >= 4 is 11.6 Å². The van der Waals surface area contributed by atoms with Gasteiger partial charge in [0.15, 0.2) is 0 Å². The number of nitrogens with one attached hydrogen (secondary N) is 1. The second kappa shape index (κ2) is 12.1. The summed E-state index contributed by atoms with van der Waals surface area (Å²) in [7, 11) is 1.38. The Balaban J connectivity index is 2.50. The second-order valence-corrected chi connectivity index (χ2v) is 7.88. The standard InChI is InChI=1S/C23H31FN4O6/c1-6-34-26-15(4)18-12-27(13-19(29)17-11-16(24)7-8-20(17)33-5)23(32)28(22(18)31)10-9-25-21(30)14(2)3/h7-8,11-12,14,19,29H,6,9-10,13H2,1-5H3,(H,25,30)/b26-15+. The van der Waals surface area contributed by atoms with Crippen molar-refractivity contribution in [3.05, 3.63) is 62.2 Å². The normalized spacial score (nSPS) is 12.5. The number of hydrogen-bond acceptors (Lipinski definition) is 7. The highest BCUT2D eigenvalue weighted by Crippen LogP contribution is 2.26. The zero-order valence-corrected chi connectivity index (χ0v) is 20.0. The van der Waals surface area contributed by atoms with Gasteiger partial charge in [-0.15, -0.1) is 0 Å². The average Bonchev–Trinajstić information content (AvgIpc) is 2.80. The van der Waals surface area contributed by atoms with E-state index in [1.54, 1.807) is 27.7 Å². The van der Waals surface area contributed by atoms with E-state index in [1.807, 2.05) is 0 Å². The number of nitrogens with zero attached hydrogens (tertiary/aromatic N) is 3. The summed E-state index contributed by atoms with van der Waals surface area (Å²) in [6.45, 7) is 6.70. The third-order valence-electron chi connectivity index (χ3n) is 5.04. The molecule has 1 aromatic heterocycles. The lowest BCUT2D eigenvalue weighted by Crippen LogP contribution is -2.45. The zero-order valence-electron chi connectivity index (χ0n) is 20.0. The molecule has 0 aliphatic heterocycles. The highest BCUT2D eigenvalue weighted by Gasteiger charge is 2.20. The topological polar surface area (TPSA) is 124 Å². The molecule has 186 valence electrons. The van der Waals surface area contributed by atoms with Gasteiger partial charge in [0.05, 0.1) is 24.9 Å². The van der Waals surface area contributed by atoms with Crippen LogP contribution in [0.1, 0.15) is 44.9 Å². The molecule has 1 atom stereocenters. The number of rotatable bonds is 11. The summed E-state index contributed by atoms with van der Waals surface area (Å²) in [4.78, 5) is 43.0. The van der Waals surface area contributed by atoms with E-state index in [0.717, 1.165) is 15.2 Å². The van der Waals surface area contributed by atoms with Gasteiger partial charge in [-0.25, -0.2) is 9.18 Å². The number of carbonyl (C=O) groups is 1. The van der Waals surface area contributed by atoms with E-state index >= 15 is 0 Å². The molecule has 2 aromatic rings. The Kier molecular flexibility index (Phi) is 9.55. The molecule has 0 saturated carbocycles. The van der Waals surface area contributed by atoms with Gasteiger partial charge in [-0.3, -0.25) is 18.7 Å². The van der Waals surface area contributed by atoms with Crippen LogP contribution in [0.15, 0.2) is 39.1 Å². The van der Waals surface area contributed by atoms with E-state index in [0.29, 0.717) is 0 Å². The lowest BCUT2D eigenvalue weighted by molar-refractivity contribution is -0.124. The molecule has 1 aromatic carbocycles.